The molecule has 0 aromatic heterocycles. The molecule has 0 fully saturated rings. The van der Waals surface area contributed by atoms with Gasteiger partial charge in [0.05, 0.1) is 15.5 Å². The van der Waals surface area contributed by atoms with Crippen LogP contribution in [0.15, 0.2) is 21.1 Å². The van der Waals surface area contributed by atoms with Crippen molar-refractivity contribution in [2.45, 2.75) is 32.9 Å². The van der Waals surface area contributed by atoms with Gasteiger partial charge in [0, 0.05) is 6.54 Å². The molecule has 1 aromatic carbocycles. The van der Waals surface area contributed by atoms with Crippen LogP contribution >= 0.6 is 31.9 Å². The highest BCUT2D eigenvalue weighted by atomic mass is 79.9. The van der Waals surface area contributed by atoms with Gasteiger partial charge in [0.1, 0.15) is 11.4 Å². The first-order valence-electron chi connectivity index (χ1n) is 5.78. The number of hydrogen-bond donors (Lipinski definition) is 2. The average molecular weight is 395 g/mol. The highest BCUT2D eigenvalue weighted by Gasteiger charge is 2.15. The maximum atomic E-state index is 11.5. The molecular formula is C13H17Br2NO3. The van der Waals surface area contributed by atoms with Gasteiger partial charge >= 0.3 is 5.97 Å². The van der Waals surface area contributed by atoms with E-state index in [-0.39, 0.29) is 18.3 Å². The van der Waals surface area contributed by atoms with Crippen LogP contribution in [0.5, 0.6) is 5.75 Å². The molecule has 6 heteroatoms. The van der Waals surface area contributed by atoms with E-state index in [4.69, 9.17) is 4.74 Å². The number of phenolic OH excluding ortho intramolecular Hbond substituents is 1. The minimum absolute atomic E-state index is 0.146. The second kappa shape index (κ2) is 6.72. The van der Waals surface area contributed by atoms with Gasteiger partial charge in [-0.2, -0.15) is 0 Å². The van der Waals surface area contributed by atoms with Gasteiger partial charge in [0.25, 0.3) is 0 Å². The van der Waals surface area contributed by atoms with Crippen LogP contribution in [0, 0.1) is 0 Å². The maximum absolute atomic E-state index is 11.5. The summed E-state index contributed by atoms with van der Waals surface area (Å²) in [5.41, 5.74) is 0.476. The van der Waals surface area contributed by atoms with E-state index in [9.17, 15) is 9.90 Å². The van der Waals surface area contributed by atoms with E-state index in [1.807, 2.05) is 20.8 Å². The van der Waals surface area contributed by atoms with Crippen LogP contribution in [0.1, 0.15) is 26.3 Å². The van der Waals surface area contributed by atoms with E-state index in [2.05, 4.69) is 37.2 Å². The van der Waals surface area contributed by atoms with Crippen molar-refractivity contribution in [1.82, 2.24) is 5.32 Å². The van der Waals surface area contributed by atoms with Gasteiger partial charge in [-0.1, -0.05) is 0 Å². The van der Waals surface area contributed by atoms with Crippen molar-refractivity contribution < 1.29 is 14.6 Å². The van der Waals surface area contributed by atoms with Crippen molar-refractivity contribution in [1.29, 1.82) is 0 Å². The largest absolute Gasteiger partial charge is 0.506 e. The predicted octanol–water partition coefficient (Wildman–Crippen LogP) is 3.35. The van der Waals surface area contributed by atoms with Crippen molar-refractivity contribution in [3.05, 3.63) is 26.6 Å². The Kier molecular flexibility index (Phi) is 5.82. The van der Waals surface area contributed by atoms with E-state index in [0.29, 0.717) is 15.5 Å². The first kappa shape index (κ1) is 16.5. The lowest BCUT2D eigenvalue weighted by Crippen LogP contribution is -2.31. The zero-order valence-corrected chi connectivity index (χ0v) is 14.3. The monoisotopic (exact) mass is 393 g/mol. The number of carbonyl (C=O) groups excluding carboxylic acids is 1. The van der Waals surface area contributed by atoms with Crippen LogP contribution in [0.25, 0.3) is 0 Å². The summed E-state index contributed by atoms with van der Waals surface area (Å²) in [6.07, 6.45) is 0. The van der Waals surface area contributed by atoms with Crippen LogP contribution < -0.4 is 5.32 Å². The Morgan fingerprint density at radius 3 is 2.32 bits per heavy atom. The lowest BCUT2D eigenvalue weighted by Gasteiger charge is -2.19. The summed E-state index contributed by atoms with van der Waals surface area (Å²) < 4.78 is 6.40. The highest BCUT2D eigenvalue weighted by Crippen LogP contribution is 2.33. The van der Waals surface area contributed by atoms with E-state index < -0.39 is 5.60 Å². The maximum Gasteiger partial charge on any atom is 0.320 e. The van der Waals surface area contributed by atoms with Crippen LogP contribution in [0.3, 0.4) is 0 Å². The standard InChI is InChI=1S/C13H17Br2NO3/c1-13(2,3)19-11(17)7-16-6-8-4-9(14)12(18)10(15)5-8/h4-5,16,18H,6-7H2,1-3H3. The molecule has 0 spiro atoms. The number of benzene rings is 1. The third kappa shape index (κ3) is 5.93. The van der Waals surface area contributed by atoms with Gasteiger partial charge in [-0.15, -0.1) is 0 Å². The normalized spacial score (nSPS) is 11.4. The van der Waals surface area contributed by atoms with Crippen LogP contribution in [-0.2, 0) is 16.1 Å². The second-order valence-corrected chi connectivity index (χ2v) is 6.81. The van der Waals surface area contributed by atoms with E-state index in [1.54, 1.807) is 12.1 Å². The van der Waals surface area contributed by atoms with Gasteiger partial charge in [-0.3, -0.25) is 4.79 Å². The number of halogens is 2. The molecule has 1 rings (SSSR count). The zero-order valence-electron chi connectivity index (χ0n) is 11.1. The number of phenols is 1. The minimum Gasteiger partial charge on any atom is -0.506 e. The second-order valence-electron chi connectivity index (χ2n) is 5.10. The fourth-order valence-corrected chi connectivity index (χ4v) is 2.69. The number of hydrogen-bond acceptors (Lipinski definition) is 4. The quantitative estimate of drug-likeness (QED) is 0.769. The molecule has 1 aromatic rings. The van der Waals surface area contributed by atoms with Crippen molar-refractivity contribution in [3.63, 3.8) is 0 Å². The average Bonchev–Trinajstić information content (AvgIpc) is 2.23. The molecule has 0 bridgehead atoms. The topological polar surface area (TPSA) is 58.6 Å². The molecule has 0 amide bonds. The van der Waals surface area contributed by atoms with Gasteiger partial charge in [-0.25, -0.2) is 0 Å². The number of aromatic hydroxyl groups is 1. The third-order valence-corrected chi connectivity index (χ3v) is 3.30. The third-order valence-electron chi connectivity index (χ3n) is 2.10. The smallest absolute Gasteiger partial charge is 0.320 e. The molecule has 106 valence electrons. The van der Waals surface area contributed by atoms with Crippen molar-refractivity contribution in [3.8, 4) is 5.75 Å². The number of nitrogens with one attached hydrogen (secondary N) is 1. The first-order valence-corrected chi connectivity index (χ1v) is 7.37. The van der Waals surface area contributed by atoms with Crippen LogP contribution in [-0.4, -0.2) is 23.2 Å². The Labute approximate surface area is 129 Å². The molecule has 0 radical (unpaired) electrons. The molecule has 19 heavy (non-hydrogen) atoms. The van der Waals surface area contributed by atoms with Gasteiger partial charge < -0.3 is 15.2 Å². The number of carbonyl (C=O) groups is 1. The Morgan fingerprint density at radius 2 is 1.84 bits per heavy atom. The van der Waals surface area contributed by atoms with Crippen molar-refractivity contribution >= 4 is 37.8 Å². The summed E-state index contributed by atoms with van der Waals surface area (Å²) in [6.45, 7) is 6.15. The summed E-state index contributed by atoms with van der Waals surface area (Å²) in [6, 6.07) is 3.59. The molecule has 0 atom stereocenters. The predicted molar refractivity (Wildman–Crippen MR) is 81.1 cm³/mol. The first-order chi connectivity index (χ1) is 8.69. The lowest BCUT2D eigenvalue weighted by molar-refractivity contribution is -0.153. The SMILES string of the molecule is CC(C)(C)OC(=O)CNCc1cc(Br)c(O)c(Br)c1. The van der Waals surface area contributed by atoms with E-state index in [0.717, 1.165) is 5.56 Å². The highest BCUT2D eigenvalue weighted by molar-refractivity contribution is 9.11. The van der Waals surface area contributed by atoms with Crippen molar-refractivity contribution in [2.24, 2.45) is 0 Å². The summed E-state index contributed by atoms with van der Waals surface area (Å²) in [7, 11) is 0. The van der Waals surface area contributed by atoms with Gasteiger partial charge in [0.2, 0.25) is 0 Å². The van der Waals surface area contributed by atoms with Gasteiger partial charge in [0.15, 0.2) is 0 Å². The molecule has 0 unspecified atom stereocenters. The van der Waals surface area contributed by atoms with Crippen molar-refractivity contribution in [2.75, 3.05) is 6.54 Å². The molecule has 4 nitrogen and oxygen atoms in total. The molecule has 0 saturated carbocycles. The van der Waals surface area contributed by atoms with Crippen LogP contribution in [0.2, 0.25) is 0 Å². The van der Waals surface area contributed by atoms with E-state index in [1.165, 1.54) is 0 Å². The Balaban J connectivity index is 2.48. The Bertz CT molecular complexity index is 446. The fraction of sp³-hybridized carbons (Fsp3) is 0.462. The summed E-state index contributed by atoms with van der Waals surface area (Å²) >= 11 is 6.52. The minimum atomic E-state index is -0.469. The zero-order chi connectivity index (χ0) is 14.6. The molecule has 0 aliphatic rings. The molecule has 2 N–H and O–H groups in total. The summed E-state index contributed by atoms with van der Waals surface area (Å²) in [4.78, 5) is 11.5. The molecule has 0 aliphatic heterocycles. The summed E-state index contributed by atoms with van der Waals surface area (Å²) in [5.74, 6) is -0.125. The number of rotatable bonds is 4. The fourth-order valence-electron chi connectivity index (χ4n) is 1.41. The number of esters is 1. The number of ether oxygens (including phenoxy) is 1. The lowest BCUT2D eigenvalue weighted by atomic mass is 10.2. The Hall–Kier alpha value is -0.590. The molecular weight excluding hydrogens is 378 g/mol. The summed E-state index contributed by atoms with van der Waals surface area (Å²) in [5, 5.41) is 12.6. The van der Waals surface area contributed by atoms with E-state index >= 15 is 0 Å². The van der Waals surface area contributed by atoms with Gasteiger partial charge in [-0.05, 0) is 70.3 Å². The molecule has 0 heterocycles. The molecule has 0 saturated heterocycles. The molecule has 0 aliphatic carbocycles. The van der Waals surface area contributed by atoms with Crippen LogP contribution in [0.4, 0.5) is 0 Å². The Morgan fingerprint density at radius 1 is 1.32 bits per heavy atom.